The van der Waals surface area contributed by atoms with Crippen LogP contribution >= 0.6 is 0 Å². The van der Waals surface area contributed by atoms with Gasteiger partial charge in [0.2, 0.25) is 0 Å². The summed E-state index contributed by atoms with van der Waals surface area (Å²) in [6.45, 7) is 6.40. The van der Waals surface area contributed by atoms with Crippen molar-refractivity contribution in [3.8, 4) is 0 Å². The third kappa shape index (κ3) is 3.91. The maximum Gasteiger partial charge on any atom is 0.199 e. The summed E-state index contributed by atoms with van der Waals surface area (Å²) >= 11 is 0. The molecule has 0 bridgehead atoms. The van der Waals surface area contributed by atoms with Gasteiger partial charge in [-0.25, -0.2) is 9.57 Å². The molecule has 0 fully saturated rings. The van der Waals surface area contributed by atoms with Gasteiger partial charge in [0, 0.05) is 30.9 Å². The summed E-state index contributed by atoms with van der Waals surface area (Å²) in [5.41, 5.74) is 4.41. The molecule has 0 unspecified atom stereocenters. The van der Waals surface area contributed by atoms with Crippen LogP contribution in [0.15, 0.2) is 53.6 Å². The number of aliphatic imine (C=N–C) groups is 1. The van der Waals surface area contributed by atoms with E-state index in [1.165, 1.54) is 11.4 Å². The summed E-state index contributed by atoms with van der Waals surface area (Å²) in [5, 5.41) is 0. The fraction of sp³-hybridized carbons (Fsp3) is 0.333. The molecule has 1 aromatic carbocycles. The molecule has 110 valence electrons. The van der Waals surface area contributed by atoms with Crippen LogP contribution in [0.3, 0.4) is 0 Å². The number of hydrogen-bond donors (Lipinski definition) is 0. The molecule has 0 heterocycles. The molecule has 0 N–H and O–H groups in total. The molecular formula is C18H24N3+. The molecule has 0 atom stereocenters. The van der Waals surface area contributed by atoms with Crippen LogP contribution in [0.5, 0.6) is 0 Å². The number of nitrogens with zero attached hydrogens (tertiary/aromatic N) is 3. The van der Waals surface area contributed by atoms with Crippen LogP contribution in [0, 0.1) is 0 Å². The van der Waals surface area contributed by atoms with Gasteiger partial charge in [-0.05, 0) is 50.3 Å². The molecule has 1 aliphatic rings. The summed E-state index contributed by atoms with van der Waals surface area (Å²) in [6, 6.07) is 8.43. The van der Waals surface area contributed by atoms with Gasteiger partial charge in [0.15, 0.2) is 5.71 Å². The Bertz CT molecular complexity index is 578. The molecule has 3 nitrogen and oxygen atoms in total. The summed E-state index contributed by atoms with van der Waals surface area (Å²) < 4.78 is 2.09. The van der Waals surface area contributed by atoms with Gasteiger partial charge >= 0.3 is 0 Å². The normalized spacial score (nSPS) is 13.5. The zero-order valence-corrected chi connectivity index (χ0v) is 13.4. The van der Waals surface area contributed by atoms with Crippen molar-refractivity contribution < 1.29 is 4.58 Å². The summed E-state index contributed by atoms with van der Waals surface area (Å²) in [6.07, 6.45) is 8.27. The Morgan fingerprint density at radius 2 is 1.48 bits per heavy atom. The highest BCUT2D eigenvalue weighted by atomic mass is 15.1. The first-order chi connectivity index (χ1) is 10.1. The van der Waals surface area contributed by atoms with E-state index in [1.54, 1.807) is 0 Å². The van der Waals surface area contributed by atoms with E-state index in [4.69, 9.17) is 0 Å². The monoisotopic (exact) mass is 282 g/mol. The Labute approximate surface area is 127 Å². The Hall–Kier alpha value is -2.16. The lowest BCUT2D eigenvalue weighted by molar-refractivity contribution is -0.462. The maximum atomic E-state index is 4.66. The van der Waals surface area contributed by atoms with Crippen molar-refractivity contribution in [2.45, 2.75) is 13.8 Å². The Morgan fingerprint density at radius 1 is 0.905 bits per heavy atom. The standard InChI is InChI=1S/C18H24N3/c1-5-21(6-2)18-13-9-16(10-14-18)19-15-7-11-17(12-8-15)20(3)4/h7-14H,5-6H2,1-4H3/q+1. The van der Waals surface area contributed by atoms with Crippen molar-refractivity contribution in [2.75, 3.05) is 32.1 Å². The molecule has 0 spiro atoms. The molecule has 1 aromatic rings. The minimum atomic E-state index is 0.983. The predicted molar refractivity (Wildman–Crippen MR) is 92.5 cm³/mol. The third-order valence-corrected chi connectivity index (χ3v) is 3.60. The first-order valence-corrected chi connectivity index (χ1v) is 7.48. The molecule has 0 saturated carbocycles. The topological polar surface area (TPSA) is 18.6 Å². The molecule has 0 aromatic heterocycles. The number of allylic oxidation sites excluding steroid dienone is 4. The first kappa shape index (κ1) is 15.2. The Morgan fingerprint density at radius 3 is 1.95 bits per heavy atom. The lowest BCUT2D eigenvalue weighted by Gasteiger charge is -2.20. The fourth-order valence-electron chi connectivity index (χ4n) is 2.30. The predicted octanol–water partition coefficient (Wildman–Crippen LogP) is 3.44. The van der Waals surface area contributed by atoms with E-state index in [-0.39, 0.29) is 0 Å². The van der Waals surface area contributed by atoms with E-state index < -0.39 is 0 Å². The van der Waals surface area contributed by atoms with Gasteiger partial charge < -0.3 is 4.90 Å². The fourth-order valence-corrected chi connectivity index (χ4v) is 2.30. The molecule has 0 amide bonds. The Kier molecular flexibility index (Phi) is 5.09. The van der Waals surface area contributed by atoms with Crippen molar-refractivity contribution in [3.63, 3.8) is 0 Å². The van der Waals surface area contributed by atoms with Crippen molar-refractivity contribution in [2.24, 2.45) is 4.99 Å². The second-order valence-electron chi connectivity index (χ2n) is 5.21. The molecule has 0 aliphatic heterocycles. The highest BCUT2D eigenvalue weighted by molar-refractivity contribution is 6.17. The van der Waals surface area contributed by atoms with Gasteiger partial charge in [-0.3, -0.25) is 0 Å². The summed E-state index contributed by atoms with van der Waals surface area (Å²) in [5.74, 6) is 0. The average molecular weight is 282 g/mol. The van der Waals surface area contributed by atoms with Crippen LogP contribution in [0.2, 0.25) is 0 Å². The zero-order valence-electron chi connectivity index (χ0n) is 13.4. The highest BCUT2D eigenvalue weighted by Gasteiger charge is 2.05. The minimum Gasteiger partial charge on any atom is -0.372 e. The van der Waals surface area contributed by atoms with Gasteiger partial charge in [0.25, 0.3) is 0 Å². The molecule has 1 aliphatic carbocycles. The highest BCUT2D eigenvalue weighted by Crippen LogP contribution is 2.20. The van der Waals surface area contributed by atoms with Crippen LogP contribution in [0.25, 0.3) is 0 Å². The van der Waals surface area contributed by atoms with E-state index >= 15 is 0 Å². The van der Waals surface area contributed by atoms with Crippen molar-refractivity contribution >= 4 is 22.8 Å². The van der Waals surface area contributed by atoms with Gasteiger partial charge in [-0.2, -0.15) is 0 Å². The zero-order chi connectivity index (χ0) is 15.2. The van der Waals surface area contributed by atoms with Crippen LogP contribution in [-0.4, -0.2) is 43.2 Å². The maximum absolute atomic E-state index is 4.66. The van der Waals surface area contributed by atoms with Crippen molar-refractivity contribution in [1.29, 1.82) is 0 Å². The molecule has 3 heteroatoms. The molecule has 21 heavy (non-hydrogen) atoms. The van der Waals surface area contributed by atoms with E-state index in [0.29, 0.717) is 0 Å². The van der Waals surface area contributed by atoms with Crippen LogP contribution in [0.4, 0.5) is 11.4 Å². The van der Waals surface area contributed by atoms with E-state index in [2.05, 4.69) is 64.7 Å². The van der Waals surface area contributed by atoms with Crippen LogP contribution in [-0.2, 0) is 0 Å². The smallest absolute Gasteiger partial charge is 0.199 e. The number of anilines is 1. The molecular weight excluding hydrogens is 258 g/mol. The average Bonchev–Trinajstić information content (AvgIpc) is 2.51. The minimum absolute atomic E-state index is 0.983. The third-order valence-electron chi connectivity index (χ3n) is 3.60. The summed E-state index contributed by atoms with van der Waals surface area (Å²) in [7, 11) is 4.08. The van der Waals surface area contributed by atoms with Crippen molar-refractivity contribution in [3.05, 3.63) is 48.6 Å². The van der Waals surface area contributed by atoms with Crippen molar-refractivity contribution in [1.82, 2.24) is 0 Å². The molecule has 0 radical (unpaired) electrons. The summed E-state index contributed by atoms with van der Waals surface area (Å²) in [4.78, 5) is 6.99. The second-order valence-corrected chi connectivity index (χ2v) is 5.21. The van der Waals surface area contributed by atoms with Gasteiger partial charge in [-0.1, -0.05) is 0 Å². The number of rotatable bonds is 4. The van der Waals surface area contributed by atoms with Gasteiger partial charge in [0.05, 0.1) is 11.4 Å². The largest absolute Gasteiger partial charge is 0.372 e. The van der Waals surface area contributed by atoms with Crippen LogP contribution in [0.1, 0.15) is 13.8 Å². The van der Waals surface area contributed by atoms with Gasteiger partial charge in [-0.15, -0.1) is 0 Å². The number of benzene rings is 1. The molecule has 0 saturated heterocycles. The SMILES string of the molecule is CCN(CC)c1ccc(N=C2C=CC(=[N+](C)C)C=C2)cc1. The lowest BCUT2D eigenvalue weighted by Crippen LogP contribution is -2.21. The van der Waals surface area contributed by atoms with E-state index in [9.17, 15) is 0 Å². The second kappa shape index (κ2) is 7.02. The quantitative estimate of drug-likeness (QED) is 0.611. The van der Waals surface area contributed by atoms with E-state index in [0.717, 1.165) is 24.5 Å². The molecule has 2 rings (SSSR count). The lowest BCUT2D eigenvalue weighted by atomic mass is 10.1. The number of hydrogen-bond acceptors (Lipinski definition) is 2. The van der Waals surface area contributed by atoms with Gasteiger partial charge in [0.1, 0.15) is 14.1 Å². The van der Waals surface area contributed by atoms with E-state index in [1.807, 2.05) is 26.2 Å². The first-order valence-electron chi connectivity index (χ1n) is 7.48. The Balaban J connectivity index is 2.15. The van der Waals surface area contributed by atoms with Crippen LogP contribution < -0.4 is 4.90 Å².